The van der Waals surface area contributed by atoms with Gasteiger partial charge in [-0.3, -0.25) is 9.93 Å². The molecule has 1 aliphatic rings. The number of nitrogens with zero attached hydrogens (tertiary/aromatic N) is 2. The molecule has 0 saturated carbocycles. The van der Waals surface area contributed by atoms with Crippen molar-refractivity contribution in [3.63, 3.8) is 0 Å². The number of aliphatic hydroxyl groups is 2. The van der Waals surface area contributed by atoms with Crippen LogP contribution >= 0.6 is 0 Å². The summed E-state index contributed by atoms with van der Waals surface area (Å²) in [6, 6.07) is 2.71. The first-order chi connectivity index (χ1) is 16.8. The molecule has 3 N–H and O–H groups in total. The molecule has 2 rings (SSSR count). The van der Waals surface area contributed by atoms with E-state index < -0.39 is 35.9 Å². The zero-order valence-electron chi connectivity index (χ0n) is 20.3. The van der Waals surface area contributed by atoms with Gasteiger partial charge in [0.15, 0.2) is 0 Å². The Kier molecular flexibility index (Phi) is 14.9. The smallest absolute Gasteiger partial charge is 0.433 e. The van der Waals surface area contributed by atoms with Crippen molar-refractivity contribution in [2.24, 2.45) is 4.99 Å². The molecule has 0 amide bonds. The Morgan fingerprint density at radius 1 is 1.36 bits per heavy atom. The van der Waals surface area contributed by atoms with E-state index in [1.54, 1.807) is 20.9 Å². The van der Waals surface area contributed by atoms with Crippen LogP contribution in [0.25, 0.3) is 0 Å². The molecular formula is C24H30F4N2O6. The minimum Gasteiger partial charge on any atom is -0.478 e. The fourth-order valence-corrected chi connectivity index (χ4v) is 2.51. The first-order valence-electron chi connectivity index (χ1n) is 10.7. The van der Waals surface area contributed by atoms with Crippen molar-refractivity contribution < 1.29 is 47.5 Å². The number of aliphatic hydroxyl groups excluding tert-OH is 2. The van der Waals surface area contributed by atoms with E-state index in [4.69, 9.17) is 26.5 Å². The zero-order chi connectivity index (χ0) is 27.9. The van der Waals surface area contributed by atoms with Crippen LogP contribution in [0.2, 0.25) is 0 Å². The highest BCUT2D eigenvalue weighted by atomic mass is 19.4. The summed E-state index contributed by atoms with van der Waals surface area (Å²) in [6.45, 7) is 6.00. The van der Waals surface area contributed by atoms with Crippen molar-refractivity contribution in [2.75, 3.05) is 13.7 Å². The van der Waals surface area contributed by atoms with Crippen LogP contribution in [0.15, 0.2) is 46.5 Å². The topological polar surface area (TPSA) is 121 Å². The first kappa shape index (κ1) is 32.7. The van der Waals surface area contributed by atoms with Gasteiger partial charge in [0.05, 0.1) is 17.8 Å². The van der Waals surface area contributed by atoms with Gasteiger partial charge in [-0.2, -0.15) is 13.2 Å². The number of pyridine rings is 1. The highest BCUT2D eigenvalue weighted by Gasteiger charge is 2.32. The van der Waals surface area contributed by atoms with Crippen molar-refractivity contribution >= 4 is 11.7 Å². The lowest BCUT2D eigenvalue weighted by molar-refractivity contribution is -0.142. The Hall–Kier alpha value is -3.27. The molecule has 1 aliphatic heterocycles. The molecule has 1 saturated heterocycles. The number of hydrogen-bond donors (Lipinski definition) is 3. The van der Waals surface area contributed by atoms with Crippen molar-refractivity contribution in [3.8, 4) is 18.2 Å². The number of rotatable bonds is 5. The van der Waals surface area contributed by atoms with Crippen molar-refractivity contribution in [3.05, 3.63) is 47.2 Å². The number of terminal acetylenes is 1. The Morgan fingerprint density at radius 3 is 2.42 bits per heavy atom. The maximum atomic E-state index is 11.9. The Morgan fingerprint density at radius 2 is 2.00 bits per heavy atom. The second kappa shape index (κ2) is 16.4. The average molecular weight is 519 g/mol. The largest absolute Gasteiger partial charge is 0.478 e. The Bertz CT molecular complexity index is 960. The summed E-state index contributed by atoms with van der Waals surface area (Å²) >= 11 is 0. The molecule has 3 atom stereocenters. The molecule has 3 unspecified atom stereocenters. The zero-order valence-corrected chi connectivity index (χ0v) is 20.3. The number of allylic oxidation sites excluding steroid dienone is 2. The van der Waals surface area contributed by atoms with Crippen LogP contribution in [0, 0.1) is 12.3 Å². The van der Waals surface area contributed by atoms with Gasteiger partial charge >= 0.3 is 12.1 Å². The third kappa shape index (κ3) is 11.9. The van der Waals surface area contributed by atoms with Crippen LogP contribution in [0.1, 0.15) is 39.3 Å². The number of hydrogen-bond acceptors (Lipinski definition) is 7. The summed E-state index contributed by atoms with van der Waals surface area (Å²) in [5.74, 6) is 0.701. The van der Waals surface area contributed by atoms with Crippen molar-refractivity contribution in [1.82, 2.24) is 4.98 Å². The molecule has 0 aliphatic carbocycles. The lowest BCUT2D eigenvalue weighted by atomic mass is 10.0. The van der Waals surface area contributed by atoms with Gasteiger partial charge in [0, 0.05) is 24.2 Å². The summed E-state index contributed by atoms with van der Waals surface area (Å²) in [4.78, 5) is 20.6. The van der Waals surface area contributed by atoms with Crippen molar-refractivity contribution in [1.29, 1.82) is 0 Å². The van der Waals surface area contributed by atoms with Crippen LogP contribution in [0.3, 0.4) is 0 Å². The minimum atomic E-state index is -4.57. The number of aliphatic carboxylic acids is 1. The van der Waals surface area contributed by atoms with E-state index in [1.807, 2.05) is 6.92 Å². The number of aliphatic imine (C=N–C) groups is 1. The number of alkyl halides is 3. The number of carboxylic acids is 1. The average Bonchev–Trinajstić information content (AvgIpc) is 2.85. The SMILES string of the molecule is C#CC(/C=C\C(C(=O)O)=C(/C)CC)=NC.CC1OCCC(O)C1O.FOc1cccc(C(F)(F)F)n1. The fourth-order valence-electron chi connectivity index (χ4n) is 2.51. The predicted octanol–water partition coefficient (Wildman–Crippen LogP) is 3.94. The summed E-state index contributed by atoms with van der Waals surface area (Å²) < 4.78 is 52.0. The number of halogens is 4. The van der Waals surface area contributed by atoms with Gasteiger partial charge in [-0.15, -0.1) is 6.42 Å². The lowest BCUT2D eigenvalue weighted by Crippen LogP contribution is -2.42. The van der Waals surface area contributed by atoms with Crippen LogP contribution in [-0.4, -0.2) is 64.0 Å². The second-order valence-electron chi connectivity index (χ2n) is 7.30. The lowest BCUT2D eigenvalue weighted by Gasteiger charge is -2.29. The van der Waals surface area contributed by atoms with Crippen LogP contribution in [0.5, 0.6) is 5.88 Å². The summed E-state index contributed by atoms with van der Waals surface area (Å²) in [5.41, 5.74) is 0.329. The first-order valence-corrected chi connectivity index (χ1v) is 10.7. The minimum absolute atomic E-state index is 0.214. The van der Waals surface area contributed by atoms with Gasteiger partial charge < -0.3 is 20.1 Å². The molecule has 0 aromatic carbocycles. The van der Waals surface area contributed by atoms with E-state index in [0.29, 0.717) is 25.2 Å². The molecule has 8 nitrogen and oxygen atoms in total. The van der Waals surface area contributed by atoms with Gasteiger partial charge in [0.1, 0.15) is 17.5 Å². The molecule has 2 heterocycles. The van der Waals surface area contributed by atoms with Crippen LogP contribution < -0.4 is 4.94 Å². The van der Waals surface area contributed by atoms with E-state index in [1.165, 1.54) is 12.2 Å². The summed E-state index contributed by atoms with van der Waals surface area (Å²) in [6.07, 6.45) is 3.35. The highest BCUT2D eigenvalue weighted by molar-refractivity contribution is 6.09. The molecule has 0 bridgehead atoms. The summed E-state index contributed by atoms with van der Waals surface area (Å²) in [5, 5.41) is 27.0. The maximum Gasteiger partial charge on any atom is 0.433 e. The maximum absolute atomic E-state index is 11.9. The number of carbonyl (C=O) groups is 1. The number of aromatic nitrogens is 1. The molecule has 1 aromatic rings. The normalized spacial score (nSPS) is 20.7. The van der Waals surface area contributed by atoms with Gasteiger partial charge in [-0.1, -0.05) is 24.5 Å². The van der Waals surface area contributed by atoms with E-state index >= 15 is 0 Å². The molecule has 1 aromatic heterocycles. The second-order valence-corrected chi connectivity index (χ2v) is 7.30. The molecule has 36 heavy (non-hydrogen) atoms. The fraction of sp³-hybridized carbons (Fsp3) is 0.458. The molecule has 0 radical (unpaired) electrons. The van der Waals surface area contributed by atoms with Crippen LogP contribution in [-0.2, 0) is 15.7 Å². The summed E-state index contributed by atoms with van der Waals surface area (Å²) in [7, 11) is 1.57. The number of carboxylic acid groups (broad SMARTS) is 1. The molecule has 0 spiro atoms. The van der Waals surface area contributed by atoms with E-state index in [-0.39, 0.29) is 11.7 Å². The van der Waals surface area contributed by atoms with Gasteiger partial charge in [0.25, 0.3) is 5.88 Å². The highest BCUT2D eigenvalue weighted by Crippen LogP contribution is 2.28. The molecular weight excluding hydrogens is 488 g/mol. The van der Waals surface area contributed by atoms with Gasteiger partial charge in [-0.25, -0.2) is 9.78 Å². The molecule has 12 heteroatoms. The van der Waals surface area contributed by atoms with E-state index in [2.05, 4.69) is 20.8 Å². The molecule has 200 valence electrons. The standard InChI is InChI=1S/C12H15NO2.C6H3F4NO.C6H12O3/c1-5-9(3)11(12(14)15)8-7-10(6-2)13-4;7-6(8,9)4-2-1-3-5(11-4)12-10;1-4-6(8)5(7)2-3-9-4/h2,7-8H,5H2,1,3-4H3,(H,14,15);1-3H;4-8H,2-3H2,1H3/b8-7-,11-9-,13-10?;;. The Labute approximate surface area is 206 Å². The quantitative estimate of drug-likeness (QED) is 0.178. The monoisotopic (exact) mass is 518 g/mol. The number of ether oxygens (including phenoxy) is 1. The third-order valence-electron chi connectivity index (χ3n) is 4.78. The Balaban J connectivity index is 0.000000525. The van der Waals surface area contributed by atoms with Crippen LogP contribution in [0.4, 0.5) is 17.7 Å². The van der Waals surface area contributed by atoms with Gasteiger partial charge in [0.2, 0.25) is 0 Å². The van der Waals surface area contributed by atoms with E-state index in [9.17, 15) is 22.5 Å². The van der Waals surface area contributed by atoms with Crippen molar-refractivity contribution in [2.45, 2.75) is 58.1 Å². The third-order valence-corrected chi connectivity index (χ3v) is 4.78. The van der Waals surface area contributed by atoms with Gasteiger partial charge in [-0.05, 0) is 44.9 Å². The van der Waals surface area contributed by atoms with E-state index in [0.717, 1.165) is 23.8 Å². The predicted molar refractivity (Wildman–Crippen MR) is 125 cm³/mol. The molecule has 1 fully saturated rings.